The van der Waals surface area contributed by atoms with Gasteiger partial charge in [-0.25, -0.2) is 4.79 Å². The van der Waals surface area contributed by atoms with Crippen LogP contribution >= 0.6 is 34.5 Å². The van der Waals surface area contributed by atoms with Gasteiger partial charge in [-0.1, -0.05) is 29.3 Å². The summed E-state index contributed by atoms with van der Waals surface area (Å²) < 4.78 is 0. The SMILES string of the molecule is Cc1cc(C(=O)CN2C(=O)NC(C)(c3ccc(Cl)cc3Cl)C2=O)c(C)s1. The fraction of sp³-hybridized carbons (Fsp3) is 0.278. The van der Waals surface area contributed by atoms with Gasteiger partial charge in [-0.15, -0.1) is 11.3 Å². The van der Waals surface area contributed by atoms with Crippen LogP contribution in [0.5, 0.6) is 0 Å². The van der Waals surface area contributed by atoms with Crippen molar-refractivity contribution in [1.29, 1.82) is 0 Å². The summed E-state index contributed by atoms with van der Waals surface area (Å²) in [7, 11) is 0. The molecule has 8 heteroatoms. The molecule has 0 radical (unpaired) electrons. The molecule has 0 saturated carbocycles. The normalized spacial score (nSPS) is 19.8. The number of aryl methyl sites for hydroxylation is 2. The number of thiophene rings is 1. The zero-order valence-electron chi connectivity index (χ0n) is 14.4. The molecule has 136 valence electrons. The fourth-order valence-electron chi connectivity index (χ4n) is 3.05. The first-order valence-electron chi connectivity index (χ1n) is 7.83. The van der Waals surface area contributed by atoms with E-state index in [0.717, 1.165) is 14.7 Å². The van der Waals surface area contributed by atoms with Crippen LogP contribution in [0.4, 0.5) is 4.79 Å². The number of halogens is 2. The van der Waals surface area contributed by atoms with Crippen molar-refractivity contribution < 1.29 is 14.4 Å². The van der Waals surface area contributed by atoms with Crippen LogP contribution < -0.4 is 5.32 Å². The van der Waals surface area contributed by atoms with E-state index >= 15 is 0 Å². The Kier molecular flexibility index (Phi) is 4.86. The minimum absolute atomic E-state index is 0.270. The Morgan fingerprint density at radius 1 is 1.23 bits per heavy atom. The maximum Gasteiger partial charge on any atom is 0.325 e. The topological polar surface area (TPSA) is 66.5 Å². The van der Waals surface area contributed by atoms with Gasteiger partial charge in [-0.2, -0.15) is 0 Å². The molecule has 3 rings (SSSR count). The van der Waals surface area contributed by atoms with E-state index in [4.69, 9.17) is 23.2 Å². The van der Waals surface area contributed by atoms with Crippen molar-refractivity contribution in [2.24, 2.45) is 0 Å². The summed E-state index contributed by atoms with van der Waals surface area (Å²) in [6, 6.07) is 5.85. The molecule has 0 spiro atoms. The smallest absolute Gasteiger partial charge is 0.319 e. The minimum Gasteiger partial charge on any atom is -0.319 e. The molecule has 5 nitrogen and oxygen atoms in total. The molecular weight excluding hydrogens is 395 g/mol. The van der Waals surface area contributed by atoms with E-state index in [1.807, 2.05) is 13.8 Å². The van der Waals surface area contributed by atoms with Crippen molar-refractivity contribution in [3.63, 3.8) is 0 Å². The maximum atomic E-state index is 12.9. The minimum atomic E-state index is -1.35. The number of carbonyl (C=O) groups excluding carboxylic acids is 3. The van der Waals surface area contributed by atoms with Crippen molar-refractivity contribution in [3.8, 4) is 0 Å². The summed E-state index contributed by atoms with van der Waals surface area (Å²) in [6.45, 7) is 4.99. The first-order valence-corrected chi connectivity index (χ1v) is 9.40. The second-order valence-corrected chi connectivity index (χ2v) is 8.62. The number of carbonyl (C=O) groups is 3. The molecule has 1 atom stereocenters. The summed E-state index contributed by atoms with van der Waals surface area (Å²) in [5.41, 5.74) is -0.385. The highest BCUT2D eigenvalue weighted by Gasteiger charge is 2.50. The van der Waals surface area contributed by atoms with Gasteiger partial charge in [0.1, 0.15) is 5.54 Å². The van der Waals surface area contributed by atoms with Gasteiger partial charge in [0, 0.05) is 30.9 Å². The molecule has 1 saturated heterocycles. The van der Waals surface area contributed by atoms with Crippen molar-refractivity contribution >= 4 is 52.3 Å². The number of ketones is 1. The molecule has 1 aliphatic heterocycles. The first-order chi connectivity index (χ1) is 12.1. The standard InChI is InChI=1S/C18H16Cl2N2O3S/c1-9-6-12(10(2)26-9)15(23)8-22-16(24)18(3,21-17(22)25)13-5-4-11(19)7-14(13)20/h4-7H,8H2,1-3H3,(H,21,25). The van der Waals surface area contributed by atoms with Crippen molar-refractivity contribution in [2.45, 2.75) is 26.3 Å². The molecule has 1 fully saturated rings. The third kappa shape index (κ3) is 3.13. The van der Waals surface area contributed by atoms with Gasteiger partial charge in [0.05, 0.1) is 6.54 Å². The average Bonchev–Trinajstić information content (AvgIpc) is 2.99. The number of hydrogen-bond donors (Lipinski definition) is 1. The zero-order chi connectivity index (χ0) is 19.2. The molecule has 0 aliphatic carbocycles. The predicted molar refractivity (Wildman–Crippen MR) is 102 cm³/mol. The van der Waals surface area contributed by atoms with E-state index in [-0.39, 0.29) is 17.4 Å². The Bertz CT molecular complexity index is 941. The van der Waals surface area contributed by atoms with Gasteiger partial charge in [0.15, 0.2) is 5.78 Å². The van der Waals surface area contributed by atoms with Crippen molar-refractivity contribution in [1.82, 2.24) is 10.2 Å². The van der Waals surface area contributed by atoms with Crippen molar-refractivity contribution in [2.75, 3.05) is 6.54 Å². The van der Waals surface area contributed by atoms with E-state index in [2.05, 4.69) is 5.32 Å². The van der Waals surface area contributed by atoms with Crippen LogP contribution in [0.25, 0.3) is 0 Å². The Labute approximate surface area is 164 Å². The lowest BCUT2D eigenvalue weighted by molar-refractivity contribution is -0.130. The van der Waals surface area contributed by atoms with E-state index in [1.165, 1.54) is 17.4 Å². The summed E-state index contributed by atoms with van der Waals surface area (Å²) in [5, 5.41) is 3.34. The number of nitrogens with zero attached hydrogens (tertiary/aromatic N) is 1. The van der Waals surface area contributed by atoms with Gasteiger partial charge in [0.2, 0.25) is 0 Å². The third-order valence-electron chi connectivity index (χ3n) is 4.39. The molecule has 0 bridgehead atoms. The third-order valence-corrected chi connectivity index (χ3v) is 5.90. The Hall–Kier alpha value is -1.89. The fourth-order valence-corrected chi connectivity index (χ4v) is 4.59. The van der Waals surface area contributed by atoms with Crippen LogP contribution in [0.1, 0.15) is 32.6 Å². The number of rotatable bonds is 4. The molecule has 2 heterocycles. The molecule has 1 N–H and O–H groups in total. The Morgan fingerprint density at radius 2 is 1.92 bits per heavy atom. The van der Waals surface area contributed by atoms with Crippen LogP contribution in [0, 0.1) is 13.8 Å². The first kappa shape index (κ1) is 18.9. The van der Waals surface area contributed by atoms with Crippen LogP contribution in [0.3, 0.4) is 0 Å². The molecule has 1 aromatic heterocycles. The van der Waals surface area contributed by atoms with Gasteiger partial charge >= 0.3 is 6.03 Å². The molecule has 1 aliphatic rings. The quantitative estimate of drug-likeness (QED) is 0.602. The lowest BCUT2D eigenvalue weighted by atomic mass is 9.92. The van der Waals surface area contributed by atoms with E-state index in [1.54, 1.807) is 25.1 Å². The van der Waals surface area contributed by atoms with Crippen molar-refractivity contribution in [3.05, 3.63) is 55.2 Å². The summed E-state index contributed by atoms with van der Waals surface area (Å²) in [5.74, 6) is -0.800. The number of benzene rings is 1. The molecule has 3 amide bonds. The zero-order valence-corrected chi connectivity index (χ0v) is 16.7. The molecule has 2 aromatic rings. The molecule has 1 aromatic carbocycles. The van der Waals surface area contributed by atoms with Crippen LogP contribution in [0.15, 0.2) is 24.3 Å². The predicted octanol–water partition coefficient (Wildman–Crippen LogP) is 4.32. The van der Waals surface area contributed by atoms with Gasteiger partial charge in [0.25, 0.3) is 5.91 Å². The van der Waals surface area contributed by atoms with Crippen LogP contribution in [-0.4, -0.2) is 29.2 Å². The Balaban J connectivity index is 1.89. The van der Waals surface area contributed by atoms with Gasteiger partial charge < -0.3 is 5.32 Å². The number of imide groups is 1. The number of Topliss-reactive ketones (excluding diaryl/α,β-unsaturated/α-hetero) is 1. The maximum absolute atomic E-state index is 12.9. The lowest BCUT2D eigenvalue weighted by Crippen LogP contribution is -2.41. The highest BCUT2D eigenvalue weighted by atomic mass is 35.5. The number of urea groups is 1. The summed E-state index contributed by atoms with van der Waals surface area (Å²) in [6.07, 6.45) is 0. The number of amides is 3. The molecular formula is C18H16Cl2N2O3S. The average molecular weight is 411 g/mol. The monoisotopic (exact) mass is 410 g/mol. The van der Waals surface area contributed by atoms with E-state index in [0.29, 0.717) is 16.1 Å². The lowest BCUT2D eigenvalue weighted by Gasteiger charge is -2.23. The van der Waals surface area contributed by atoms with E-state index < -0.39 is 17.5 Å². The van der Waals surface area contributed by atoms with Gasteiger partial charge in [-0.3, -0.25) is 14.5 Å². The van der Waals surface area contributed by atoms with Gasteiger partial charge in [-0.05, 0) is 39.0 Å². The summed E-state index contributed by atoms with van der Waals surface area (Å²) in [4.78, 5) is 40.7. The second kappa shape index (κ2) is 6.68. The largest absolute Gasteiger partial charge is 0.325 e. The Morgan fingerprint density at radius 3 is 2.50 bits per heavy atom. The molecule has 1 unspecified atom stereocenters. The molecule has 26 heavy (non-hydrogen) atoms. The van der Waals surface area contributed by atoms with E-state index in [9.17, 15) is 14.4 Å². The number of hydrogen-bond acceptors (Lipinski definition) is 4. The summed E-state index contributed by atoms with van der Waals surface area (Å²) >= 11 is 13.6. The highest BCUT2D eigenvalue weighted by Crippen LogP contribution is 2.35. The van der Waals surface area contributed by atoms with Crippen LogP contribution in [0.2, 0.25) is 10.0 Å². The highest BCUT2D eigenvalue weighted by molar-refractivity contribution is 7.12. The second-order valence-electron chi connectivity index (χ2n) is 6.32. The number of nitrogens with one attached hydrogen (secondary N) is 1. The van der Waals surface area contributed by atoms with Crippen LogP contribution in [-0.2, 0) is 10.3 Å².